The van der Waals surface area contributed by atoms with Crippen LogP contribution in [0, 0.1) is 5.92 Å². The van der Waals surface area contributed by atoms with E-state index in [9.17, 15) is 0 Å². The van der Waals surface area contributed by atoms with E-state index in [0.717, 1.165) is 22.9 Å². The molecule has 1 aromatic carbocycles. The first-order valence-electron chi connectivity index (χ1n) is 6.16. The Bertz CT molecular complexity index is 555. The van der Waals surface area contributed by atoms with E-state index in [4.69, 9.17) is 0 Å². The smallest absolute Gasteiger partial charge is 0.176 e. The van der Waals surface area contributed by atoms with E-state index in [0.29, 0.717) is 11.7 Å². The molecule has 0 saturated carbocycles. The number of anilines is 1. The molecule has 0 saturated heterocycles. The Hall–Kier alpha value is -1.97. The lowest BCUT2D eigenvalue weighted by molar-refractivity contribution is 0.681. The summed E-state index contributed by atoms with van der Waals surface area (Å²) in [7, 11) is 0. The summed E-state index contributed by atoms with van der Waals surface area (Å²) in [6, 6.07) is 8.00. The number of benzene rings is 1. The Labute approximate surface area is 107 Å². The molecule has 4 nitrogen and oxygen atoms in total. The minimum atomic E-state index is 0.606. The lowest BCUT2D eigenvalue weighted by atomic mass is 10.1. The van der Waals surface area contributed by atoms with Crippen LogP contribution in [0.1, 0.15) is 27.2 Å². The molecule has 0 fully saturated rings. The number of nitrogens with one attached hydrogen (secondary N) is 1. The Morgan fingerprint density at radius 1 is 1.33 bits per heavy atom. The highest BCUT2D eigenvalue weighted by atomic mass is 15.3. The maximum absolute atomic E-state index is 4.35. The molecule has 0 aliphatic carbocycles. The molecule has 2 rings (SSSR count). The normalized spacial score (nSPS) is 12.1. The molecule has 0 radical (unpaired) electrons. The Kier molecular flexibility index (Phi) is 3.87. The zero-order chi connectivity index (χ0) is 13.0. The summed E-state index contributed by atoms with van der Waals surface area (Å²) in [5.74, 6) is 1.31. The van der Waals surface area contributed by atoms with Crippen molar-refractivity contribution in [2.24, 2.45) is 11.0 Å². The van der Waals surface area contributed by atoms with Crippen molar-refractivity contribution in [2.45, 2.75) is 27.2 Å². The monoisotopic (exact) mass is 242 g/mol. The van der Waals surface area contributed by atoms with Crippen LogP contribution in [0.25, 0.3) is 10.8 Å². The first kappa shape index (κ1) is 12.5. The molecular weight excluding hydrogens is 224 g/mol. The van der Waals surface area contributed by atoms with Gasteiger partial charge in [0.1, 0.15) is 0 Å². The van der Waals surface area contributed by atoms with E-state index in [2.05, 4.69) is 34.6 Å². The van der Waals surface area contributed by atoms with E-state index < -0.39 is 0 Å². The number of hydrogen-bond donors (Lipinski definition) is 1. The van der Waals surface area contributed by atoms with Crippen molar-refractivity contribution in [1.29, 1.82) is 0 Å². The highest BCUT2D eigenvalue weighted by Crippen LogP contribution is 2.19. The summed E-state index contributed by atoms with van der Waals surface area (Å²) in [6.45, 7) is 6.37. The lowest BCUT2D eigenvalue weighted by Crippen LogP contribution is -2.03. The molecule has 4 heteroatoms. The van der Waals surface area contributed by atoms with Crippen molar-refractivity contribution in [1.82, 2.24) is 10.2 Å². The fraction of sp³-hybridized carbons (Fsp3) is 0.357. The molecule has 1 heterocycles. The van der Waals surface area contributed by atoms with Crippen LogP contribution in [0.4, 0.5) is 5.82 Å². The van der Waals surface area contributed by atoms with Crippen molar-refractivity contribution in [2.75, 3.05) is 5.43 Å². The third-order valence-electron chi connectivity index (χ3n) is 2.63. The maximum Gasteiger partial charge on any atom is 0.176 e. The van der Waals surface area contributed by atoms with Gasteiger partial charge in [-0.05, 0) is 19.3 Å². The molecule has 0 bridgehead atoms. The molecule has 1 aromatic heterocycles. The van der Waals surface area contributed by atoms with Crippen LogP contribution < -0.4 is 5.43 Å². The standard InChI is InChI=1S/C14H18N4/c1-10(2)8-11(3)16-18-14-13-7-5-4-6-12(13)9-15-17-14/h4-7,9-10H,8H2,1-3H3,(H,17,18). The number of hydrazone groups is 1. The zero-order valence-corrected chi connectivity index (χ0v) is 11.0. The molecule has 1 N–H and O–H groups in total. The fourth-order valence-electron chi connectivity index (χ4n) is 1.90. The molecule has 18 heavy (non-hydrogen) atoms. The average molecular weight is 242 g/mol. The highest BCUT2D eigenvalue weighted by molar-refractivity contribution is 5.91. The summed E-state index contributed by atoms with van der Waals surface area (Å²) in [5, 5.41) is 14.5. The van der Waals surface area contributed by atoms with Crippen LogP contribution >= 0.6 is 0 Å². The highest BCUT2D eigenvalue weighted by Gasteiger charge is 2.02. The van der Waals surface area contributed by atoms with E-state index in [1.54, 1.807) is 6.20 Å². The summed E-state index contributed by atoms with van der Waals surface area (Å²) < 4.78 is 0. The quantitative estimate of drug-likeness (QED) is 0.659. The third kappa shape index (κ3) is 3.03. The molecule has 0 atom stereocenters. The van der Waals surface area contributed by atoms with Gasteiger partial charge in [-0.1, -0.05) is 38.1 Å². The minimum absolute atomic E-state index is 0.606. The molecule has 0 unspecified atom stereocenters. The average Bonchev–Trinajstić information content (AvgIpc) is 2.35. The van der Waals surface area contributed by atoms with Gasteiger partial charge in [-0.3, -0.25) is 5.43 Å². The molecule has 0 amide bonds. The van der Waals surface area contributed by atoms with Gasteiger partial charge in [-0.25, -0.2) is 0 Å². The van der Waals surface area contributed by atoms with Crippen molar-refractivity contribution in [3.05, 3.63) is 30.5 Å². The van der Waals surface area contributed by atoms with Crippen molar-refractivity contribution < 1.29 is 0 Å². The molecule has 0 aliphatic rings. The Balaban J connectivity index is 2.22. The number of hydrogen-bond acceptors (Lipinski definition) is 4. The Morgan fingerprint density at radius 3 is 2.89 bits per heavy atom. The SMILES string of the molecule is CC(CC(C)C)=NNc1nncc2ccccc12. The summed E-state index contributed by atoms with van der Waals surface area (Å²) in [5.41, 5.74) is 4.08. The van der Waals surface area contributed by atoms with Gasteiger partial charge in [0.2, 0.25) is 0 Å². The molecule has 0 spiro atoms. The minimum Gasteiger partial charge on any atom is -0.259 e. The first-order valence-corrected chi connectivity index (χ1v) is 6.16. The van der Waals surface area contributed by atoms with Gasteiger partial charge < -0.3 is 0 Å². The van der Waals surface area contributed by atoms with Crippen LogP contribution in [-0.2, 0) is 0 Å². The van der Waals surface area contributed by atoms with Gasteiger partial charge in [0, 0.05) is 16.5 Å². The molecule has 0 aliphatic heterocycles. The van der Waals surface area contributed by atoms with Crippen LogP contribution in [0.3, 0.4) is 0 Å². The van der Waals surface area contributed by atoms with Crippen molar-refractivity contribution >= 4 is 22.3 Å². The zero-order valence-electron chi connectivity index (χ0n) is 11.0. The molecular formula is C14H18N4. The van der Waals surface area contributed by atoms with Crippen LogP contribution in [0.5, 0.6) is 0 Å². The lowest BCUT2D eigenvalue weighted by Gasteiger charge is -2.06. The van der Waals surface area contributed by atoms with Crippen LogP contribution in [0.15, 0.2) is 35.6 Å². The Morgan fingerprint density at radius 2 is 2.11 bits per heavy atom. The number of nitrogens with zero attached hydrogens (tertiary/aromatic N) is 3. The second kappa shape index (κ2) is 5.58. The fourth-order valence-corrected chi connectivity index (χ4v) is 1.90. The van der Waals surface area contributed by atoms with Crippen molar-refractivity contribution in [3.63, 3.8) is 0 Å². The number of rotatable bonds is 4. The molecule has 2 aromatic rings. The topological polar surface area (TPSA) is 50.2 Å². The van der Waals surface area contributed by atoms with Gasteiger partial charge in [-0.2, -0.15) is 10.2 Å². The van der Waals surface area contributed by atoms with E-state index in [1.807, 2.05) is 31.2 Å². The number of aromatic nitrogens is 2. The number of fused-ring (bicyclic) bond motifs is 1. The molecule has 94 valence electrons. The maximum atomic E-state index is 4.35. The van der Waals surface area contributed by atoms with E-state index >= 15 is 0 Å². The van der Waals surface area contributed by atoms with Crippen molar-refractivity contribution in [3.8, 4) is 0 Å². The summed E-state index contributed by atoms with van der Waals surface area (Å²) in [4.78, 5) is 0. The second-order valence-electron chi connectivity index (χ2n) is 4.84. The van der Waals surface area contributed by atoms with Gasteiger partial charge in [0.25, 0.3) is 0 Å². The van der Waals surface area contributed by atoms with Crippen LogP contribution in [-0.4, -0.2) is 15.9 Å². The first-order chi connectivity index (χ1) is 8.66. The summed E-state index contributed by atoms with van der Waals surface area (Å²) in [6.07, 6.45) is 2.73. The van der Waals surface area contributed by atoms with Crippen LogP contribution in [0.2, 0.25) is 0 Å². The predicted molar refractivity (Wildman–Crippen MR) is 75.7 cm³/mol. The predicted octanol–water partition coefficient (Wildman–Crippen LogP) is 3.46. The largest absolute Gasteiger partial charge is 0.259 e. The van der Waals surface area contributed by atoms with Gasteiger partial charge in [-0.15, -0.1) is 5.10 Å². The third-order valence-corrected chi connectivity index (χ3v) is 2.63. The van der Waals surface area contributed by atoms with Gasteiger partial charge >= 0.3 is 0 Å². The van der Waals surface area contributed by atoms with E-state index in [1.165, 1.54) is 0 Å². The second-order valence-corrected chi connectivity index (χ2v) is 4.84. The van der Waals surface area contributed by atoms with Gasteiger partial charge in [0.05, 0.1) is 6.20 Å². The van der Waals surface area contributed by atoms with Gasteiger partial charge in [0.15, 0.2) is 5.82 Å². The van der Waals surface area contributed by atoms with E-state index in [-0.39, 0.29) is 0 Å². The summed E-state index contributed by atoms with van der Waals surface area (Å²) >= 11 is 0.